The van der Waals surface area contributed by atoms with Gasteiger partial charge in [0, 0.05) is 6.04 Å². The minimum absolute atomic E-state index is 0.239. The zero-order chi connectivity index (χ0) is 13.3. The SMILES string of the molecule is Cc1cccc(C(N)c2c(Cl)cnn2C(C)C)c1. The number of nitrogens with two attached hydrogens (primary N) is 1. The third kappa shape index (κ3) is 2.42. The van der Waals surface area contributed by atoms with E-state index in [2.05, 4.69) is 38.0 Å². The van der Waals surface area contributed by atoms with Crippen molar-refractivity contribution in [3.05, 3.63) is 52.3 Å². The number of rotatable bonds is 3. The first-order valence-corrected chi connectivity index (χ1v) is 6.43. The van der Waals surface area contributed by atoms with Crippen LogP contribution in [0.3, 0.4) is 0 Å². The predicted octanol–water partition coefficient (Wildman–Crippen LogP) is 3.47. The second kappa shape index (κ2) is 5.12. The number of benzene rings is 1. The predicted molar refractivity (Wildman–Crippen MR) is 74.8 cm³/mol. The largest absolute Gasteiger partial charge is 0.319 e. The summed E-state index contributed by atoms with van der Waals surface area (Å²) in [4.78, 5) is 0. The molecule has 0 aliphatic carbocycles. The van der Waals surface area contributed by atoms with Crippen LogP contribution in [0.4, 0.5) is 0 Å². The Kier molecular flexibility index (Phi) is 3.73. The summed E-state index contributed by atoms with van der Waals surface area (Å²) in [6.45, 7) is 6.18. The second-order valence-corrected chi connectivity index (χ2v) is 5.22. The molecule has 0 aliphatic heterocycles. The third-order valence-corrected chi connectivity index (χ3v) is 3.26. The van der Waals surface area contributed by atoms with Gasteiger partial charge in [-0.05, 0) is 26.3 Å². The highest BCUT2D eigenvalue weighted by molar-refractivity contribution is 6.31. The fourth-order valence-electron chi connectivity index (χ4n) is 2.07. The molecule has 96 valence electrons. The van der Waals surface area contributed by atoms with Crippen molar-refractivity contribution in [1.29, 1.82) is 0 Å². The van der Waals surface area contributed by atoms with E-state index in [4.69, 9.17) is 17.3 Å². The van der Waals surface area contributed by atoms with Crippen LogP contribution in [0, 0.1) is 6.92 Å². The summed E-state index contributed by atoms with van der Waals surface area (Å²) in [7, 11) is 0. The molecule has 0 spiro atoms. The van der Waals surface area contributed by atoms with Crippen LogP contribution in [-0.4, -0.2) is 9.78 Å². The maximum atomic E-state index is 6.32. The first-order chi connectivity index (χ1) is 8.50. The Morgan fingerprint density at radius 2 is 2.06 bits per heavy atom. The summed E-state index contributed by atoms with van der Waals surface area (Å²) >= 11 is 6.21. The Morgan fingerprint density at radius 3 is 2.67 bits per heavy atom. The number of aryl methyl sites for hydroxylation is 1. The van der Waals surface area contributed by atoms with E-state index in [1.165, 1.54) is 5.56 Å². The first-order valence-electron chi connectivity index (χ1n) is 6.05. The highest BCUT2D eigenvalue weighted by Gasteiger charge is 2.19. The van der Waals surface area contributed by atoms with Gasteiger partial charge in [-0.1, -0.05) is 41.4 Å². The number of halogens is 1. The zero-order valence-corrected chi connectivity index (χ0v) is 11.6. The fourth-order valence-corrected chi connectivity index (χ4v) is 2.32. The summed E-state index contributed by atoms with van der Waals surface area (Å²) in [5.41, 5.74) is 9.44. The molecule has 2 N–H and O–H groups in total. The molecule has 2 rings (SSSR count). The average Bonchev–Trinajstić information content (AvgIpc) is 2.70. The maximum Gasteiger partial charge on any atom is 0.0837 e. The number of aromatic nitrogens is 2. The van der Waals surface area contributed by atoms with Gasteiger partial charge < -0.3 is 5.73 Å². The number of hydrogen-bond donors (Lipinski definition) is 1. The van der Waals surface area contributed by atoms with Gasteiger partial charge in [0.15, 0.2) is 0 Å². The molecule has 0 saturated carbocycles. The number of hydrogen-bond acceptors (Lipinski definition) is 2. The van der Waals surface area contributed by atoms with E-state index in [9.17, 15) is 0 Å². The van der Waals surface area contributed by atoms with Crippen molar-refractivity contribution in [2.24, 2.45) is 5.73 Å². The molecule has 1 aromatic carbocycles. The van der Waals surface area contributed by atoms with E-state index in [0.29, 0.717) is 5.02 Å². The van der Waals surface area contributed by atoms with Gasteiger partial charge in [0.25, 0.3) is 0 Å². The van der Waals surface area contributed by atoms with E-state index in [0.717, 1.165) is 11.3 Å². The lowest BCUT2D eigenvalue weighted by atomic mass is 10.0. The van der Waals surface area contributed by atoms with Crippen LogP contribution in [0.1, 0.15) is 42.8 Å². The lowest BCUT2D eigenvalue weighted by Crippen LogP contribution is -2.19. The van der Waals surface area contributed by atoms with Crippen LogP contribution in [0.2, 0.25) is 5.02 Å². The molecule has 1 atom stereocenters. The second-order valence-electron chi connectivity index (χ2n) is 4.81. The van der Waals surface area contributed by atoms with E-state index in [-0.39, 0.29) is 12.1 Å². The quantitative estimate of drug-likeness (QED) is 0.921. The maximum absolute atomic E-state index is 6.32. The van der Waals surface area contributed by atoms with Gasteiger partial charge in [0.05, 0.1) is 23.0 Å². The minimum atomic E-state index is -0.248. The van der Waals surface area contributed by atoms with Crippen LogP contribution >= 0.6 is 11.6 Å². The monoisotopic (exact) mass is 263 g/mol. The van der Waals surface area contributed by atoms with Gasteiger partial charge in [0.1, 0.15) is 0 Å². The summed E-state index contributed by atoms with van der Waals surface area (Å²) in [5.74, 6) is 0. The van der Waals surface area contributed by atoms with E-state index in [1.54, 1.807) is 6.20 Å². The van der Waals surface area contributed by atoms with E-state index < -0.39 is 0 Å². The molecular formula is C14H18ClN3. The van der Waals surface area contributed by atoms with E-state index >= 15 is 0 Å². The molecule has 18 heavy (non-hydrogen) atoms. The molecule has 1 aromatic heterocycles. The Bertz CT molecular complexity index is 546. The van der Waals surface area contributed by atoms with Crippen molar-refractivity contribution >= 4 is 11.6 Å². The molecule has 0 aliphatic rings. The molecular weight excluding hydrogens is 246 g/mol. The summed E-state index contributed by atoms with van der Waals surface area (Å²) in [6, 6.07) is 8.15. The molecule has 0 saturated heterocycles. The molecule has 0 radical (unpaired) electrons. The molecule has 0 bridgehead atoms. The van der Waals surface area contributed by atoms with Crippen LogP contribution < -0.4 is 5.73 Å². The Morgan fingerprint density at radius 1 is 1.33 bits per heavy atom. The zero-order valence-electron chi connectivity index (χ0n) is 10.9. The number of nitrogens with zero attached hydrogens (tertiary/aromatic N) is 2. The molecule has 0 amide bonds. The molecule has 4 heteroatoms. The van der Waals surface area contributed by atoms with Gasteiger partial charge in [-0.2, -0.15) is 5.10 Å². The average molecular weight is 264 g/mol. The fraction of sp³-hybridized carbons (Fsp3) is 0.357. The first kappa shape index (κ1) is 13.1. The molecule has 0 fully saturated rings. The summed E-state index contributed by atoms with van der Waals surface area (Å²) < 4.78 is 1.88. The standard InChI is InChI=1S/C14H18ClN3/c1-9(2)18-14(12(15)8-17-18)13(16)11-6-4-5-10(3)7-11/h4-9,13H,16H2,1-3H3. The highest BCUT2D eigenvalue weighted by atomic mass is 35.5. The van der Waals surface area contributed by atoms with Crippen LogP contribution in [-0.2, 0) is 0 Å². The van der Waals surface area contributed by atoms with Crippen molar-refractivity contribution in [2.75, 3.05) is 0 Å². The molecule has 2 aromatic rings. The van der Waals surface area contributed by atoms with Gasteiger partial charge >= 0.3 is 0 Å². The molecule has 1 unspecified atom stereocenters. The Labute approximate surface area is 113 Å². The molecule has 3 nitrogen and oxygen atoms in total. The van der Waals surface area contributed by atoms with Gasteiger partial charge in [0.2, 0.25) is 0 Å². The topological polar surface area (TPSA) is 43.8 Å². The Hall–Kier alpha value is -1.32. The lowest BCUT2D eigenvalue weighted by molar-refractivity contribution is 0.499. The van der Waals surface area contributed by atoms with Crippen molar-refractivity contribution in [2.45, 2.75) is 32.9 Å². The minimum Gasteiger partial charge on any atom is -0.319 e. The third-order valence-electron chi connectivity index (χ3n) is 2.97. The van der Waals surface area contributed by atoms with Crippen molar-refractivity contribution in [3.8, 4) is 0 Å². The van der Waals surface area contributed by atoms with Gasteiger partial charge in [-0.15, -0.1) is 0 Å². The van der Waals surface area contributed by atoms with Crippen LogP contribution in [0.15, 0.2) is 30.5 Å². The smallest absolute Gasteiger partial charge is 0.0837 e. The lowest BCUT2D eigenvalue weighted by Gasteiger charge is -2.18. The van der Waals surface area contributed by atoms with Crippen LogP contribution in [0.25, 0.3) is 0 Å². The Balaban J connectivity index is 2.45. The normalized spacial score (nSPS) is 13.0. The molecule has 1 heterocycles. The summed E-state index contributed by atoms with van der Waals surface area (Å²) in [5, 5.41) is 4.91. The van der Waals surface area contributed by atoms with Crippen molar-refractivity contribution in [3.63, 3.8) is 0 Å². The van der Waals surface area contributed by atoms with E-state index in [1.807, 2.05) is 16.8 Å². The summed E-state index contributed by atoms with van der Waals surface area (Å²) in [6.07, 6.45) is 1.66. The van der Waals surface area contributed by atoms with Gasteiger partial charge in [-0.3, -0.25) is 4.68 Å². The highest BCUT2D eigenvalue weighted by Crippen LogP contribution is 2.28. The van der Waals surface area contributed by atoms with Crippen LogP contribution in [0.5, 0.6) is 0 Å². The van der Waals surface area contributed by atoms with Crippen molar-refractivity contribution in [1.82, 2.24) is 9.78 Å². The van der Waals surface area contributed by atoms with Gasteiger partial charge in [-0.25, -0.2) is 0 Å². The van der Waals surface area contributed by atoms with Crippen molar-refractivity contribution < 1.29 is 0 Å².